The van der Waals surface area contributed by atoms with Crippen LogP contribution in [0.15, 0.2) is 24.3 Å². The van der Waals surface area contributed by atoms with Crippen molar-refractivity contribution in [1.29, 1.82) is 0 Å². The maximum absolute atomic E-state index is 12.5. The lowest BCUT2D eigenvalue weighted by Crippen LogP contribution is -2.46. The van der Waals surface area contributed by atoms with E-state index in [9.17, 15) is 18.0 Å². The Morgan fingerprint density at radius 3 is 2.32 bits per heavy atom. The molecule has 0 unspecified atom stereocenters. The smallest absolute Gasteiger partial charge is 0.407 e. The van der Waals surface area contributed by atoms with Crippen molar-refractivity contribution in [3.8, 4) is 0 Å². The second-order valence-corrected chi connectivity index (χ2v) is 7.63. The van der Waals surface area contributed by atoms with Gasteiger partial charge >= 0.3 is 6.09 Å². The van der Waals surface area contributed by atoms with Gasteiger partial charge in [-0.1, -0.05) is 0 Å². The van der Waals surface area contributed by atoms with Crippen LogP contribution in [0.1, 0.15) is 30.1 Å². The highest BCUT2D eigenvalue weighted by Gasteiger charge is 2.24. The topological polar surface area (TPSA) is 105 Å². The van der Waals surface area contributed by atoms with Crippen molar-refractivity contribution in [1.82, 2.24) is 10.2 Å². The van der Waals surface area contributed by atoms with Gasteiger partial charge in [-0.05, 0) is 44.0 Å². The zero-order valence-electron chi connectivity index (χ0n) is 14.3. The summed E-state index contributed by atoms with van der Waals surface area (Å²) < 4.78 is 29.6. The van der Waals surface area contributed by atoms with E-state index in [0.29, 0.717) is 43.8 Å². The highest BCUT2D eigenvalue weighted by Crippen LogP contribution is 2.16. The lowest BCUT2D eigenvalue weighted by molar-refractivity contribution is 0.0702. The Morgan fingerprint density at radius 2 is 1.80 bits per heavy atom. The van der Waals surface area contributed by atoms with Crippen LogP contribution in [0.5, 0.6) is 0 Å². The lowest BCUT2D eigenvalue weighted by atomic mass is 10.0. The van der Waals surface area contributed by atoms with Crippen LogP contribution >= 0.6 is 0 Å². The Hall–Kier alpha value is -2.29. The van der Waals surface area contributed by atoms with Gasteiger partial charge in [-0.2, -0.15) is 0 Å². The van der Waals surface area contributed by atoms with Crippen LogP contribution in [0.3, 0.4) is 0 Å². The number of carbonyl (C=O) groups is 2. The number of ether oxygens (including phenoxy) is 1. The normalized spacial score (nSPS) is 15.5. The molecule has 1 aromatic carbocycles. The first-order valence-corrected chi connectivity index (χ1v) is 9.98. The summed E-state index contributed by atoms with van der Waals surface area (Å²) in [5, 5.41) is 2.78. The van der Waals surface area contributed by atoms with Gasteiger partial charge in [0.05, 0.1) is 12.9 Å². The number of nitrogens with zero attached hydrogens (tertiary/aromatic N) is 1. The molecule has 1 aliphatic rings. The zero-order chi connectivity index (χ0) is 18.4. The van der Waals surface area contributed by atoms with Crippen molar-refractivity contribution in [2.75, 3.05) is 30.7 Å². The van der Waals surface area contributed by atoms with Gasteiger partial charge < -0.3 is 15.0 Å². The van der Waals surface area contributed by atoms with Crippen molar-refractivity contribution < 1.29 is 22.7 Å². The fourth-order valence-electron chi connectivity index (χ4n) is 2.64. The maximum atomic E-state index is 12.5. The molecule has 0 spiro atoms. The second-order valence-electron chi connectivity index (χ2n) is 5.88. The predicted molar refractivity (Wildman–Crippen MR) is 94.0 cm³/mol. The number of hydrogen-bond acceptors (Lipinski definition) is 5. The van der Waals surface area contributed by atoms with Crippen molar-refractivity contribution in [3.63, 3.8) is 0 Å². The molecule has 0 atom stereocenters. The third-order valence-electron chi connectivity index (χ3n) is 3.81. The standard InChI is InChI=1S/C16H23N3O5S/c1-3-24-16(21)17-13-8-10-19(11-9-13)15(20)12-4-6-14(7-5-12)18-25(2,22)23/h4-7,13,18H,3,8-11H2,1-2H3,(H,17,21). The van der Waals surface area contributed by atoms with E-state index in [-0.39, 0.29) is 11.9 Å². The Morgan fingerprint density at radius 1 is 1.20 bits per heavy atom. The molecule has 2 amide bonds. The largest absolute Gasteiger partial charge is 0.450 e. The van der Waals surface area contributed by atoms with Crippen LogP contribution < -0.4 is 10.0 Å². The minimum absolute atomic E-state index is 0.00411. The molecule has 1 heterocycles. The van der Waals surface area contributed by atoms with Crippen molar-refractivity contribution >= 4 is 27.7 Å². The number of benzene rings is 1. The highest BCUT2D eigenvalue weighted by molar-refractivity contribution is 7.92. The number of amides is 2. The van der Waals surface area contributed by atoms with E-state index >= 15 is 0 Å². The number of rotatable bonds is 5. The zero-order valence-corrected chi connectivity index (χ0v) is 15.1. The summed E-state index contributed by atoms with van der Waals surface area (Å²) in [4.78, 5) is 25.6. The second kappa shape index (κ2) is 8.19. The predicted octanol–water partition coefficient (Wildman–Crippen LogP) is 1.41. The van der Waals surface area contributed by atoms with Gasteiger partial charge in [0.25, 0.3) is 5.91 Å². The first kappa shape index (κ1) is 19.0. The van der Waals surface area contributed by atoms with E-state index in [1.54, 1.807) is 36.1 Å². The van der Waals surface area contributed by atoms with Crippen LogP contribution in [-0.4, -0.2) is 57.3 Å². The van der Waals surface area contributed by atoms with E-state index in [0.717, 1.165) is 6.26 Å². The Bertz CT molecular complexity index is 710. The molecular weight excluding hydrogens is 346 g/mol. The van der Waals surface area contributed by atoms with Gasteiger partial charge in [0, 0.05) is 30.4 Å². The molecule has 0 aromatic heterocycles. The SMILES string of the molecule is CCOC(=O)NC1CCN(C(=O)c2ccc(NS(C)(=O)=O)cc2)CC1. The summed E-state index contributed by atoms with van der Waals surface area (Å²) in [6.45, 7) is 3.16. The summed E-state index contributed by atoms with van der Waals surface area (Å²) in [5.74, 6) is -0.111. The molecule has 0 aliphatic carbocycles. The van der Waals surface area contributed by atoms with Crippen LogP contribution in [0, 0.1) is 0 Å². The number of likely N-dealkylation sites (tertiary alicyclic amines) is 1. The summed E-state index contributed by atoms with van der Waals surface area (Å²) in [6, 6.07) is 6.31. The Balaban J connectivity index is 1.88. The van der Waals surface area contributed by atoms with Crippen LogP contribution in [0.2, 0.25) is 0 Å². The van der Waals surface area contributed by atoms with Crippen molar-refractivity contribution in [2.24, 2.45) is 0 Å². The summed E-state index contributed by atoms with van der Waals surface area (Å²) in [5.41, 5.74) is 0.909. The monoisotopic (exact) mass is 369 g/mol. The minimum Gasteiger partial charge on any atom is -0.450 e. The maximum Gasteiger partial charge on any atom is 0.407 e. The Kier molecular flexibility index (Phi) is 6.24. The third-order valence-corrected chi connectivity index (χ3v) is 4.42. The van der Waals surface area contributed by atoms with Crippen molar-refractivity contribution in [3.05, 3.63) is 29.8 Å². The Labute approximate surface area is 147 Å². The molecular formula is C16H23N3O5S. The molecule has 1 aromatic rings. The van der Waals surface area contributed by atoms with Crippen molar-refractivity contribution in [2.45, 2.75) is 25.8 Å². The van der Waals surface area contributed by atoms with Crippen LogP contribution in [0.4, 0.5) is 10.5 Å². The van der Waals surface area contributed by atoms with Gasteiger partial charge in [0.15, 0.2) is 0 Å². The fourth-order valence-corrected chi connectivity index (χ4v) is 3.21. The average Bonchev–Trinajstić information content (AvgIpc) is 2.54. The lowest BCUT2D eigenvalue weighted by Gasteiger charge is -2.32. The fraction of sp³-hybridized carbons (Fsp3) is 0.500. The number of anilines is 1. The number of piperidine rings is 1. The van der Waals surface area contributed by atoms with E-state index in [1.165, 1.54) is 0 Å². The van der Waals surface area contributed by atoms with Crippen LogP contribution in [0.25, 0.3) is 0 Å². The number of hydrogen-bond donors (Lipinski definition) is 2. The molecule has 25 heavy (non-hydrogen) atoms. The average molecular weight is 369 g/mol. The third kappa shape index (κ3) is 5.93. The molecule has 1 saturated heterocycles. The number of carbonyl (C=O) groups excluding carboxylic acids is 2. The van der Waals surface area contributed by atoms with Gasteiger partial charge in [0.1, 0.15) is 0 Å². The van der Waals surface area contributed by atoms with E-state index in [4.69, 9.17) is 4.74 Å². The van der Waals surface area contributed by atoms with E-state index < -0.39 is 16.1 Å². The van der Waals surface area contributed by atoms with Gasteiger partial charge in [-0.15, -0.1) is 0 Å². The molecule has 1 aliphatic heterocycles. The number of alkyl carbamates (subject to hydrolysis) is 1. The van der Waals surface area contributed by atoms with E-state index in [1.807, 2.05) is 0 Å². The summed E-state index contributed by atoms with van der Waals surface area (Å²) in [6.07, 6.45) is 1.97. The molecule has 2 rings (SSSR count). The van der Waals surface area contributed by atoms with E-state index in [2.05, 4.69) is 10.0 Å². The number of nitrogens with one attached hydrogen (secondary N) is 2. The quantitative estimate of drug-likeness (QED) is 0.816. The van der Waals surface area contributed by atoms with Gasteiger partial charge in [-0.25, -0.2) is 13.2 Å². The molecule has 2 N–H and O–H groups in total. The first-order chi connectivity index (χ1) is 11.8. The molecule has 138 valence electrons. The highest BCUT2D eigenvalue weighted by atomic mass is 32.2. The van der Waals surface area contributed by atoms with Crippen LogP contribution in [-0.2, 0) is 14.8 Å². The molecule has 9 heteroatoms. The number of sulfonamides is 1. The summed E-state index contributed by atoms with van der Waals surface area (Å²) >= 11 is 0. The summed E-state index contributed by atoms with van der Waals surface area (Å²) in [7, 11) is -3.34. The molecule has 0 bridgehead atoms. The molecule has 0 saturated carbocycles. The van der Waals surface area contributed by atoms with Gasteiger partial charge in [-0.3, -0.25) is 9.52 Å². The molecule has 8 nitrogen and oxygen atoms in total. The van der Waals surface area contributed by atoms with Gasteiger partial charge in [0.2, 0.25) is 10.0 Å². The minimum atomic E-state index is -3.34. The first-order valence-electron chi connectivity index (χ1n) is 8.09. The molecule has 1 fully saturated rings. The molecule has 0 radical (unpaired) electrons.